The van der Waals surface area contributed by atoms with E-state index in [2.05, 4.69) is 27.8 Å². The standard InChI is InChI=1S/C27H36ClN5O2/c1-19(16-34)32-21-7-5-20(6-8-21)13-22-14-23(24(28)15-30-22)25-3-2-4-26(33-25)31-18-27(17-29)9-11-35-12-10-27/h2-4,14-15,19-21,32,34H,5-13,16,18H2,1H3,(H,31,33)/t19-,20?,21?/m1/s1. The van der Waals surface area contributed by atoms with E-state index >= 15 is 0 Å². The van der Waals surface area contributed by atoms with E-state index < -0.39 is 5.41 Å². The molecule has 0 aromatic carbocycles. The first-order chi connectivity index (χ1) is 17.0. The number of aromatic nitrogens is 2. The molecule has 2 fully saturated rings. The molecule has 2 aromatic rings. The summed E-state index contributed by atoms with van der Waals surface area (Å²) in [4.78, 5) is 9.40. The summed E-state index contributed by atoms with van der Waals surface area (Å²) in [7, 11) is 0. The van der Waals surface area contributed by atoms with E-state index in [-0.39, 0.29) is 12.6 Å². The molecular formula is C27H36ClN5O2. The third-order valence-electron chi connectivity index (χ3n) is 7.37. The lowest BCUT2D eigenvalue weighted by Gasteiger charge is -2.31. The Morgan fingerprint density at radius 1 is 1.26 bits per heavy atom. The molecule has 1 aliphatic carbocycles. The summed E-state index contributed by atoms with van der Waals surface area (Å²) in [5, 5.41) is 26.5. The van der Waals surface area contributed by atoms with E-state index in [1.165, 1.54) is 0 Å². The summed E-state index contributed by atoms with van der Waals surface area (Å²) in [6.45, 7) is 4.00. The Labute approximate surface area is 213 Å². The Hall–Kier alpha value is -2.24. The Balaban J connectivity index is 1.39. The minimum absolute atomic E-state index is 0.150. The molecule has 2 aromatic heterocycles. The van der Waals surface area contributed by atoms with Crippen LogP contribution in [0.4, 0.5) is 5.82 Å². The number of pyridine rings is 2. The largest absolute Gasteiger partial charge is 0.395 e. The number of halogens is 1. The monoisotopic (exact) mass is 497 g/mol. The highest BCUT2D eigenvalue weighted by molar-refractivity contribution is 6.33. The minimum Gasteiger partial charge on any atom is -0.395 e. The second-order valence-corrected chi connectivity index (χ2v) is 10.5. The van der Waals surface area contributed by atoms with Crippen LogP contribution < -0.4 is 10.6 Å². The highest BCUT2D eigenvalue weighted by Gasteiger charge is 2.32. The molecule has 0 bridgehead atoms. The van der Waals surface area contributed by atoms with Gasteiger partial charge in [-0.1, -0.05) is 17.7 Å². The van der Waals surface area contributed by atoms with Crippen molar-refractivity contribution < 1.29 is 9.84 Å². The number of aliphatic hydroxyl groups excluding tert-OH is 1. The van der Waals surface area contributed by atoms with Gasteiger partial charge in [-0.3, -0.25) is 4.98 Å². The van der Waals surface area contributed by atoms with Gasteiger partial charge in [0.15, 0.2) is 0 Å². The number of hydrogen-bond donors (Lipinski definition) is 3. The molecular weight excluding hydrogens is 462 g/mol. The highest BCUT2D eigenvalue weighted by atomic mass is 35.5. The summed E-state index contributed by atoms with van der Waals surface area (Å²) in [5.74, 6) is 1.34. The zero-order chi connectivity index (χ0) is 24.7. The van der Waals surface area contributed by atoms with Crippen molar-refractivity contribution in [2.75, 3.05) is 31.7 Å². The zero-order valence-electron chi connectivity index (χ0n) is 20.5. The van der Waals surface area contributed by atoms with E-state index in [0.29, 0.717) is 36.7 Å². The molecule has 4 rings (SSSR count). The van der Waals surface area contributed by atoms with E-state index in [1.54, 1.807) is 6.20 Å². The number of hydrogen-bond acceptors (Lipinski definition) is 7. The van der Waals surface area contributed by atoms with Crippen LogP contribution in [-0.2, 0) is 11.2 Å². The van der Waals surface area contributed by atoms with Gasteiger partial charge in [-0.05, 0) is 76.0 Å². The van der Waals surface area contributed by atoms with Gasteiger partial charge in [0.1, 0.15) is 5.82 Å². The molecule has 0 radical (unpaired) electrons. The van der Waals surface area contributed by atoms with Crippen LogP contribution in [0.5, 0.6) is 0 Å². The van der Waals surface area contributed by atoms with Gasteiger partial charge in [0.25, 0.3) is 0 Å². The van der Waals surface area contributed by atoms with Gasteiger partial charge in [0.05, 0.1) is 28.8 Å². The smallest absolute Gasteiger partial charge is 0.126 e. The fourth-order valence-corrected chi connectivity index (χ4v) is 5.31. The third-order valence-corrected chi connectivity index (χ3v) is 7.67. The maximum atomic E-state index is 9.71. The molecule has 0 spiro atoms. The van der Waals surface area contributed by atoms with Crippen molar-refractivity contribution in [3.63, 3.8) is 0 Å². The summed E-state index contributed by atoms with van der Waals surface area (Å²) in [6, 6.07) is 11.1. The first-order valence-corrected chi connectivity index (χ1v) is 13.1. The lowest BCUT2D eigenvalue weighted by Crippen LogP contribution is -2.40. The average Bonchev–Trinajstić information content (AvgIpc) is 2.90. The van der Waals surface area contributed by atoms with E-state index in [9.17, 15) is 10.4 Å². The second-order valence-electron chi connectivity index (χ2n) is 10.1. The fraction of sp³-hybridized carbons (Fsp3) is 0.593. The van der Waals surface area contributed by atoms with Crippen LogP contribution in [0.3, 0.4) is 0 Å². The maximum Gasteiger partial charge on any atom is 0.126 e. The number of nitriles is 1. The summed E-state index contributed by atoms with van der Waals surface area (Å²) in [6.07, 6.45) is 8.68. The quantitative estimate of drug-likeness (QED) is 0.465. The van der Waals surface area contributed by atoms with E-state index in [1.807, 2.05) is 25.1 Å². The van der Waals surface area contributed by atoms with Crippen LogP contribution >= 0.6 is 11.6 Å². The van der Waals surface area contributed by atoms with Crippen molar-refractivity contribution in [1.82, 2.24) is 15.3 Å². The predicted octanol–water partition coefficient (Wildman–Crippen LogP) is 4.60. The topological polar surface area (TPSA) is 103 Å². The molecule has 1 saturated heterocycles. The number of nitrogens with zero attached hydrogens (tertiary/aromatic N) is 3. The Morgan fingerprint density at radius 3 is 2.74 bits per heavy atom. The molecule has 0 amide bonds. The van der Waals surface area contributed by atoms with Crippen molar-refractivity contribution in [1.29, 1.82) is 5.26 Å². The summed E-state index contributed by atoms with van der Waals surface area (Å²) in [5.41, 5.74) is 2.30. The van der Waals surface area contributed by atoms with Crippen molar-refractivity contribution in [2.24, 2.45) is 11.3 Å². The van der Waals surface area contributed by atoms with Gasteiger partial charge in [0, 0.05) is 49.3 Å². The number of anilines is 1. The molecule has 8 heteroatoms. The molecule has 1 saturated carbocycles. The van der Waals surface area contributed by atoms with Crippen LogP contribution in [0.1, 0.15) is 51.1 Å². The van der Waals surface area contributed by atoms with Gasteiger partial charge in [-0.2, -0.15) is 5.26 Å². The molecule has 2 aliphatic rings. The maximum absolute atomic E-state index is 9.71. The van der Waals surface area contributed by atoms with E-state index in [0.717, 1.165) is 67.7 Å². The Bertz CT molecular complexity index is 1010. The van der Waals surface area contributed by atoms with Crippen LogP contribution in [-0.4, -0.2) is 53.5 Å². The molecule has 3 heterocycles. The molecule has 35 heavy (non-hydrogen) atoms. The van der Waals surface area contributed by atoms with Crippen molar-refractivity contribution in [3.8, 4) is 17.3 Å². The van der Waals surface area contributed by atoms with Gasteiger partial charge in [0.2, 0.25) is 0 Å². The Morgan fingerprint density at radius 2 is 2.03 bits per heavy atom. The fourth-order valence-electron chi connectivity index (χ4n) is 5.11. The summed E-state index contributed by atoms with van der Waals surface area (Å²) >= 11 is 6.54. The van der Waals surface area contributed by atoms with Crippen LogP contribution in [0.25, 0.3) is 11.3 Å². The van der Waals surface area contributed by atoms with E-state index in [4.69, 9.17) is 21.3 Å². The molecule has 1 aliphatic heterocycles. The highest BCUT2D eigenvalue weighted by Crippen LogP contribution is 2.32. The normalized spacial score (nSPS) is 22.8. The number of rotatable bonds is 9. The predicted molar refractivity (Wildman–Crippen MR) is 138 cm³/mol. The molecule has 7 nitrogen and oxygen atoms in total. The molecule has 188 valence electrons. The van der Waals surface area contributed by atoms with Crippen molar-refractivity contribution in [3.05, 3.63) is 41.2 Å². The SMILES string of the molecule is C[C@H](CO)NC1CCC(Cc2cc(-c3cccc(NCC4(C#N)CCOCC4)n3)c(Cl)cn2)CC1. The van der Waals surface area contributed by atoms with Crippen LogP contribution in [0.15, 0.2) is 30.5 Å². The lowest BCUT2D eigenvalue weighted by molar-refractivity contribution is 0.0455. The average molecular weight is 498 g/mol. The molecule has 3 N–H and O–H groups in total. The first-order valence-electron chi connectivity index (χ1n) is 12.7. The third kappa shape index (κ3) is 6.92. The first kappa shape index (κ1) is 25.8. The van der Waals surface area contributed by atoms with Gasteiger partial charge in [-0.15, -0.1) is 0 Å². The number of nitrogens with one attached hydrogen (secondary N) is 2. The lowest BCUT2D eigenvalue weighted by atomic mass is 9.82. The molecule has 0 unspecified atom stereocenters. The number of aliphatic hydroxyl groups is 1. The van der Waals surface area contributed by atoms with Crippen molar-refractivity contribution >= 4 is 17.4 Å². The number of ether oxygens (including phenoxy) is 1. The van der Waals surface area contributed by atoms with Crippen LogP contribution in [0.2, 0.25) is 5.02 Å². The van der Waals surface area contributed by atoms with Gasteiger partial charge in [-0.25, -0.2) is 4.98 Å². The second kappa shape index (κ2) is 12.1. The Kier molecular flexibility index (Phi) is 8.96. The zero-order valence-corrected chi connectivity index (χ0v) is 21.2. The molecule has 1 atom stereocenters. The van der Waals surface area contributed by atoms with Gasteiger partial charge < -0.3 is 20.5 Å². The van der Waals surface area contributed by atoms with Crippen LogP contribution in [0, 0.1) is 22.7 Å². The summed E-state index contributed by atoms with van der Waals surface area (Å²) < 4.78 is 5.43. The minimum atomic E-state index is -0.415. The van der Waals surface area contributed by atoms with Crippen molar-refractivity contribution in [2.45, 2.75) is 64.0 Å². The van der Waals surface area contributed by atoms with Gasteiger partial charge >= 0.3 is 0 Å².